The van der Waals surface area contributed by atoms with Crippen LogP contribution in [0.5, 0.6) is 0 Å². The van der Waals surface area contributed by atoms with Gasteiger partial charge in [-0.1, -0.05) is 0 Å². The molecule has 0 aliphatic heterocycles. The number of hydrogen-bond acceptors (Lipinski definition) is 3. The van der Waals surface area contributed by atoms with Crippen molar-refractivity contribution in [3.8, 4) is 0 Å². The van der Waals surface area contributed by atoms with Crippen molar-refractivity contribution in [2.75, 3.05) is 0 Å². The number of aromatic nitrogens is 1. The Morgan fingerprint density at radius 3 is 2.67 bits per heavy atom. The second-order valence-electron chi connectivity index (χ2n) is 3.85. The van der Waals surface area contributed by atoms with Crippen molar-refractivity contribution < 1.29 is 22.7 Å². The monoisotopic (exact) mass is 257 g/mol. The number of furan rings is 1. The molecule has 1 atom stereocenters. The average molecular weight is 257 g/mol. The largest absolute Gasteiger partial charge is 0.469 e. The van der Waals surface area contributed by atoms with Crippen molar-refractivity contribution in [1.82, 2.24) is 4.98 Å². The van der Waals surface area contributed by atoms with Crippen LogP contribution < -0.4 is 0 Å². The molecule has 0 aromatic carbocycles. The predicted molar refractivity (Wildman–Crippen MR) is 56.7 cm³/mol. The van der Waals surface area contributed by atoms with Crippen LogP contribution in [-0.4, -0.2) is 10.1 Å². The summed E-state index contributed by atoms with van der Waals surface area (Å²) in [5, 5.41) is 9.95. The van der Waals surface area contributed by atoms with Crippen molar-refractivity contribution >= 4 is 0 Å². The molecule has 96 valence electrons. The summed E-state index contributed by atoms with van der Waals surface area (Å²) in [6.07, 6.45) is -2.66. The lowest BCUT2D eigenvalue weighted by molar-refractivity contribution is -0.139. The molecule has 2 aromatic heterocycles. The number of alkyl halides is 3. The van der Waals surface area contributed by atoms with E-state index in [1.165, 1.54) is 12.3 Å². The van der Waals surface area contributed by atoms with Gasteiger partial charge in [-0.3, -0.25) is 4.98 Å². The zero-order valence-electron chi connectivity index (χ0n) is 9.40. The summed E-state index contributed by atoms with van der Waals surface area (Å²) in [7, 11) is 0. The first kappa shape index (κ1) is 12.6. The summed E-state index contributed by atoms with van der Waals surface area (Å²) in [6.45, 7) is 1.64. The van der Waals surface area contributed by atoms with Crippen LogP contribution >= 0.6 is 0 Å². The Labute approximate surface area is 101 Å². The first-order valence-corrected chi connectivity index (χ1v) is 5.14. The zero-order chi connectivity index (χ0) is 13.3. The molecule has 0 aliphatic carbocycles. The molecule has 0 aliphatic rings. The normalized spacial score (nSPS) is 13.6. The van der Waals surface area contributed by atoms with E-state index in [2.05, 4.69) is 4.98 Å². The first-order valence-electron chi connectivity index (χ1n) is 5.14. The maximum Gasteiger partial charge on any atom is 0.416 e. The number of aryl methyl sites for hydroxylation is 1. The molecule has 0 saturated carbocycles. The summed E-state index contributed by atoms with van der Waals surface area (Å²) in [5.74, 6) is 0.515. The van der Waals surface area contributed by atoms with Gasteiger partial charge in [0, 0.05) is 23.5 Å². The van der Waals surface area contributed by atoms with Gasteiger partial charge in [0.25, 0.3) is 0 Å². The maximum atomic E-state index is 12.8. The van der Waals surface area contributed by atoms with Gasteiger partial charge in [-0.15, -0.1) is 0 Å². The maximum absolute atomic E-state index is 12.8. The highest BCUT2D eigenvalue weighted by atomic mass is 19.4. The minimum atomic E-state index is -4.53. The molecule has 1 unspecified atom stereocenters. The van der Waals surface area contributed by atoms with Crippen molar-refractivity contribution in [3.05, 3.63) is 53.2 Å². The number of aliphatic hydroxyl groups is 1. The molecule has 0 amide bonds. The highest BCUT2D eigenvalue weighted by Crippen LogP contribution is 2.36. The van der Waals surface area contributed by atoms with E-state index >= 15 is 0 Å². The molecule has 0 fully saturated rings. The quantitative estimate of drug-likeness (QED) is 0.899. The third kappa shape index (κ3) is 2.38. The van der Waals surface area contributed by atoms with E-state index in [4.69, 9.17) is 4.42 Å². The Kier molecular flexibility index (Phi) is 3.13. The minimum Gasteiger partial charge on any atom is -0.469 e. The lowest BCUT2D eigenvalue weighted by Gasteiger charge is -2.15. The van der Waals surface area contributed by atoms with Gasteiger partial charge in [-0.25, -0.2) is 0 Å². The summed E-state index contributed by atoms with van der Waals surface area (Å²) < 4.78 is 43.3. The molecule has 2 aromatic rings. The first-order chi connectivity index (χ1) is 8.39. The lowest BCUT2D eigenvalue weighted by atomic mass is 10.0. The van der Waals surface area contributed by atoms with Crippen LogP contribution in [0.3, 0.4) is 0 Å². The molecule has 3 nitrogen and oxygen atoms in total. The van der Waals surface area contributed by atoms with Crippen molar-refractivity contribution in [2.24, 2.45) is 0 Å². The van der Waals surface area contributed by atoms with E-state index in [1.807, 2.05) is 0 Å². The van der Waals surface area contributed by atoms with E-state index in [-0.39, 0.29) is 11.1 Å². The summed E-state index contributed by atoms with van der Waals surface area (Å²) in [4.78, 5) is 3.62. The molecule has 2 heterocycles. The van der Waals surface area contributed by atoms with Gasteiger partial charge >= 0.3 is 6.18 Å². The second kappa shape index (κ2) is 4.45. The number of pyridine rings is 1. The number of halogens is 3. The van der Waals surface area contributed by atoms with Gasteiger partial charge in [0.15, 0.2) is 0 Å². The molecule has 1 N–H and O–H groups in total. The Morgan fingerprint density at radius 1 is 1.39 bits per heavy atom. The van der Waals surface area contributed by atoms with Crippen LogP contribution in [0, 0.1) is 6.92 Å². The van der Waals surface area contributed by atoms with Crippen molar-refractivity contribution in [1.29, 1.82) is 0 Å². The third-order valence-electron chi connectivity index (χ3n) is 2.52. The molecule has 18 heavy (non-hydrogen) atoms. The molecular formula is C12H10F3NO2. The number of aliphatic hydroxyl groups excluding tert-OH is 1. The van der Waals surface area contributed by atoms with E-state index in [1.54, 1.807) is 6.92 Å². The highest BCUT2D eigenvalue weighted by Gasteiger charge is 2.35. The molecular weight excluding hydrogens is 247 g/mol. The van der Waals surface area contributed by atoms with Gasteiger partial charge in [-0.2, -0.15) is 13.2 Å². The Hall–Kier alpha value is -1.82. The second-order valence-corrected chi connectivity index (χ2v) is 3.85. The molecule has 0 spiro atoms. The molecule has 0 saturated heterocycles. The fourth-order valence-electron chi connectivity index (χ4n) is 1.67. The van der Waals surface area contributed by atoms with Gasteiger partial charge in [-0.05, 0) is 19.1 Å². The highest BCUT2D eigenvalue weighted by molar-refractivity contribution is 5.34. The van der Waals surface area contributed by atoms with Gasteiger partial charge < -0.3 is 9.52 Å². The van der Waals surface area contributed by atoms with Crippen molar-refractivity contribution in [3.63, 3.8) is 0 Å². The van der Waals surface area contributed by atoms with Crippen LogP contribution in [0.15, 0.2) is 35.2 Å². The van der Waals surface area contributed by atoms with Gasteiger partial charge in [0.2, 0.25) is 0 Å². The molecule has 0 bridgehead atoms. The lowest BCUT2D eigenvalue weighted by Crippen LogP contribution is -2.12. The summed E-state index contributed by atoms with van der Waals surface area (Å²) >= 11 is 0. The Bertz CT molecular complexity index is 548. The zero-order valence-corrected chi connectivity index (χ0v) is 9.40. The standard InChI is InChI=1S/C12H10F3NO2/c1-7-4-8(6-18-7)11(17)9-5-16-3-2-10(9)12(13,14)15/h2-6,11,17H,1H3. The van der Waals surface area contributed by atoms with Gasteiger partial charge in [0.1, 0.15) is 11.9 Å². The van der Waals surface area contributed by atoms with E-state index in [9.17, 15) is 18.3 Å². The van der Waals surface area contributed by atoms with Crippen molar-refractivity contribution in [2.45, 2.75) is 19.2 Å². The topological polar surface area (TPSA) is 46.3 Å². The van der Waals surface area contributed by atoms with Crippen LogP contribution in [0.2, 0.25) is 0 Å². The van der Waals surface area contributed by atoms with Gasteiger partial charge in [0.05, 0.1) is 11.8 Å². The molecule has 6 heteroatoms. The predicted octanol–water partition coefficient (Wildman–Crippen LogP) is 3.08. The SMILES string of the molecule is Cc1cc(C(O)c2cnccc2C(F)(F)F)co1. The summed E-state index contributed by atoms with van der Waals surface area (Å²) in [5.41, 5.74) is -0.916. The number of nitrogens with zero attached hydrogens (tertiary/aromatic N) is 1. The van der Waals surface area contributed by atoms with E-state index in [0.29, 0.717) is 5.76 Å². The number of hydrogen-bond donors (Lipinski definition) is 1. The average Bonchev–Trinajstić information content (AvgIpc) is 2.74. The third-order valence-corrected chi connectivity index (χ3v) is 2.52. The van der Waals surface area contributed by atoms with Crippen LogP contribution in [0.1, 0.15) is 28.6 Å². The van der Waals surface area contributed by atoms with Crippen LogP contribution in [0.4, 0.5) is 13.2 Å². The molecule has 2 rings (SSSR count). The number of rotatable bonds is 2. The smallest absolute Gasteiger partial charge is 0.416 e. The van der Waals surface area contributed by atoms with E-state index < -0.39 is 17.8 Å². The fourth-order valence-corrected chi connectivity index (χ4v) is 1.67. The minimum absolute atomic E-state index is 0.269. The Balaban J connectivity index is 2.45. The summed E-state index contributed by atoms with van der Waals surface area (Å²) in [6, 6.07) is 2.32. The Morgan fingerprint density at radius 2 is 2.11 bits per heavy atom. The van der Waals surface area contributed by atoms with E-state index in [0.717, 1.165) is 18.5 Å². The van der Waals surface area contributed by atoms with Crippen LogP contribution in [0.25, 0.3) is 0 Å². The van der Waals surface area contributed by atoms with Crippen LogP contribution in [-0.2, 0) is 6.18 Å². The fraction of sp³-hybridized carbons (Fsp3) is 0.250. The molecule has 0 radical (unpaired) electrons.